The fraction of sp³-hybridized carbons (Fsp3) is 0.308. The SMILES string of the molecule is Cc1cccc(CC2(C#N)CCN(C(=O)c3cnc[nH]3)CC2Cc2ccc(C#N)cc2)c1. The van der Waals surface area contributed by atoms with Crippen LogP contribution in [0.25, 0.3) is 0 Å². The van der Waals surface area contributed by atoms with Crippen LogP contribution in [0.2, 0.25) is 0 Å². The molecule has 0 spiro atoms. The number of likely N-dealkylation sites (tertiary alicyclic amines) is 1. The van der Waals surface area contributed by atoms with Crippen LogP contribution in [0.1, 0.15) is 39.2 Å². The van der Waals surface area contributed by atoms with Crippen molar-refractivity contribution in [3.8, 4) is 12.1 Å². The smallest absolute Gasteiger partial charge is 0.271 e. The van der Waals surface area contributed by atoms with Crippen LogP contribution in [-0.4, -0.2) is 33.9 Å². The molecule has 2 unspecified atom stereocenters. The Hall–Kier alpha value is -3.90. The molecule has 3 aromatic rings. The van der Waals surface area contributed by atoms with Crippen molar-refractivity contribution < 1.29 is 4.79 Å². The standard InChI is InChI=1S/C26H25N5O/c1-19-3-2-4-22(11-19)13-26(17-28)9-10-31(25(32)24-15-29-18-30-24)16-23(26)12-20-5-7-21(14-27)8-6-20/h2-8,11,15,18,23H,9-10,12-13,16H2,1H3,(H,29,30). The first-order valence-corrected chi connectivity index (χ1v) is 10.8. The van der Waals surface area contributed by atoms with E-state index in [1.165, 1.54) is 18.1 Å². The first-order valence-electron chi connectivity index (χ1n) is 10.8. The molecule has 6 heteroatoms. The predicted octanol–water partition coefficient (Wildman–Crippen LogP) is 4.05. The van der Waals surface area contributed by atoms with E-state index < -0.39 is 5.41 Å². The highest BCUT2D eigenvalue weighted by atomic mass is 16.2. The average Bonchev–Trinajstić information content (AvgIpc) is 3.35. The number of aromatic amines is 1. The van der Waals surface area contributed by atoms with Crippen LogP contribution in [-0.2, 0) is 12.8 Å². The molecule has 0 radical (unpaired) electrons. The Kier molecular flexibility index (Phi) is 6.05. The Morgan fingerprint density at radius 3 is 2.69 bits per heavy atom. The van der Waals surface area contributed by atoms with Gasteiger partial charge in [-0.15, -0.1) is 0 Å². The number of nitrogens with one attached hydrogen (secondary N) is 1. The molecule has 2 aromatic carbocycles. The van der Waals surface area contributed by atoms with Gasteiger partial charge < -0.3 is 9.88 Å². The first-order chi connectivity index (χ1) is 15.5. The van der Waals surface area contributed by atoms with Gasteiger partial charge in [-0.1, -0.05) is 42.0 Å². The number of hydrogen-bond donors (Lipinski definition) is 1. The van der Waals surface area contributed by atoms with E-state index in [0.29, 0.717) is 43.6 Å². The molecule has 2 heterocycles. The number of nitrogens with zero attached hydrogens (tertiary/aromatic N) is 4. The largest absolute Gasteiger partial charge is 0.341 e. The van der Waals surface area contributed by atoms with Crippen LogP contribution in [0.15, 0.2) is 61.1 Å². The number of hydrogen-bond acceptors (Lipinski definition) is 4. The lowest BCUT2D eigenvalue weighted by Gasteiger charge is -2.44. The summed E-state index contributed by atoms with van der Waals surface area (Å²) in [5, 5.41) is 19.5. The van der Waals surface area contributed by atoms with Gasteiger partial charge in [0.05, 0.1) is 35.6 Å². The molecule has 0 aliphatic carbocycles. The Labute approximate surface area is 188 Å². The molecule has 2 atom stereocenters. The zero-order chi connectivity index (χ0) is 22.6. The van der Waals surface area contributed by atoms with E-state index >= 15 is 0 Å². The Morgan fingerprint density at radius 1 is 1.22 bits per heavy atom. The number of piperidine rings is 1. The maximum absolute atomic E-state index is 13.0. The van der Waals surface area contributed by atoms with E-state index in [2.05, 4.69) is 47.2 Å². The summed E-state index contributed by atoms with van der Waals surface area (Å²) in [7, 11) is 0. The van der Waals surface area contributed by atoms with Crippen LogP contribution < -0.4 is 0 Å². The maximum Gasteiger partial charge on any atom is 0.271 e. The molecule has 1 N–H and O–H groups in total. The highest BCUT2D eigenvalue weighted by molar-refractivity contribution is 5.92. The molecule has 32 heavy (non-hydrogen) atoms. The van der Waals surface area contributed by atoms with E-state index in [9.17, 15) is 10.1 Å². The fourth-order valence-electron chi connectivity index (χ4n) is 4.66. The summed E-state index contributed by atoms with van der Waals surface area (Å²) in [6, 6.07) is 20.6. The van der Waals surface area contributed by atoms with Crippen molar-refractivity contribution in [2.75, 3.05) is 13.1 Å². The van der Waals surface area contributed by atoms with Gasteiger partial charge in [0, 0.05) is 13.1 Å². The minimum Gasteiger partial charge on any atom is -0.341 e. The average molecular weight is 424 g/mol. The van der Waals surface area contributed by atoms with Crippen molar-refractivity contribution in [3.05, 3.63) is 89.0 Å². The molecular weight excluding hydrogens is 398 g/mol. The van der Waals surface area contributed by atoms with Crippen LogP contribution in [0.3, 0.4) is 0 Å². The zero-order valence-electron chi connectivity index (χ0n) is 18.1. The number of carbonyl (C=O) groups excluding carboxylic acids is 1. The van der Waals surface area contributed by atoms with Gasteiger partial charge in [-0.3, -0.25) is 4.79 Å². The number of rotatable bonds is 5. The highest BCUT2D eigenvalue weighted by Gasteiger charge is 2.44. The van der Waals surface area contributed by atoms with Gasteiger partial charge in [0.15, 0.2) is 0 Å². The molecule has 1 saturated heterocycles. The first kappa shape index (κ1) is 21.3. The van der Waals surface area contributed by atoms with E-state index in [1.807, 2.05) is 23.1 Å². The lowest BCUT2D eigenvalue weighted by molar-refractivity contribution is 0.0465. The summed E-state index contributed by atoms with van der Waals surface area (Å²) in [6.07, 6.45) is 4.97. The molecule has 1 aliphatic heterocycles. The normalized spacial score (nSPS) is 20.3. The van der Waals surface area contributed by atoms with Crippen molar-refractivity contribution >= 4 is 5.91 Å². The summed E-state index contributed by atoms with van der Waals surface area (Å²) < 4.78 is 0. The highest BCUT2D eigenvalue weighted by Crippen LogP contribution is 2.41. The molecule has 1 aromatic heterocycles. The second-order valence-electron chi connectivity index (χ2n) is 8.61. The summed E-state index contributed by atoms with van der Waals surface area (Å²) in [4.78, 5) is 21.7. The number of aromatic nitrogens is 2. The quantitative estimate of drug-likeness (QED) is 0.670. The second kappa shape index (κ2) is 9.08. The summed E-state index contributed by atoms with van der Waals surface area (Å²) in [5.74, 6) is -0.129. The molecule has 160 valence electrons. The van der Waals surface area contributed by atoms with Crippen molar-refractivity contribution in [2.45, 2.75) is 26.2 Å². The molecule has 1 amide bonds. The van der Waals surface area contributed by atoms with Crippen LogP contribution in [0.4, 0.5) is 0 Å². The number of benzene rings is 2. The fourth-order valence-corrected chi connectivity index (χ4v) is 4.66. The maximum atomic E-state index is 13.0. The van der Waals surface area contributed by atoms with E-state index in [0.717, 1.165) is 11.1 Å². The number of aryl methyl sites for hydroxylation is 1. The minimum absolute atomic E-state index is 0.0402. The lowest BCUT2D eigenvalue weighted by Crippen LogP contribution is -2.50. The van der Waals surface area contributed by atoms with Gasteiger partial charge in [0.25, 0.3) is 5.91 Å². The lowest BCUT2D eigenvalue weighted by atomic mass is 9.65. The molecule has 0 saturated carbocycles. The zero-order valence-corrected chi connectivity index (χ0v) is 18.1. The number of carbonyl (C=O) groups is 1. The van der Waals surface area contributed by atoms with Crippen LogP contribution in [0.5, 0.6) is 0 Å². The van der Waals surface area contributed by atoms with Crippen molar-refractivity contribution in [1.82, 2.24) is 14.9 Å². The van der Waals surface area contributed by atoms with Gasteiger partial charge in [-0.25, -0.2) is 4.98 Å². The molecule has 6 nitrogen and oxygen atoms in total. The van der Waals surface area contributed by atoms with Gasteiger partial charge in [-0.2, -0.15) is 10.5 Å². The third-order valence-corrected chi connectivity index (χ3v) is 6.46. The summed E-state index contributed by atoms with van der Waals surface area (Å²) >= 11 is 0. The van der Waals surface area contributed by atoms with Crippen LogP contribution in [0, 0.1) is 40.9 Å². The van der Waals surface area contributed by atoms with E-state index in [-0.39, 0.29) is 11.8 Å². The Bertz CT molecular complexity index is 1170. The van der Waals surface area contributed by atoms with Crippen molar-refractivity contribution in [2.24, 2.45) is 11.3 Å². The van der Waals surface area contributed by atoms with Crippen molar-refractivity contribution in [3.63, 3.8) is 0 Å². The number of H-pyrrole nitrogens is 1. The molecular formula is C26H25N5O. The van der Waals surface area contributed by atoms with E-state index in [4.69, 9.17) is 5.26 Å². The second-order valence-corrected chi connectivity index (χ2v) is 8.61. The van der Waals surface area contributed by atoms with Gasteiger partial charge >= 0.3 is 0 Å². The molecule has 1 aliphatic rings. The van der Waals surface area contributed by atoms with Gasteiger partial charge in [0.2, 0.25) is 0 Å². The topological polar surface area (TPSA) is 96.6 Å². The van der Waals surface area contributed by atoms with Gasteiger partial charge in [0.1, 0.15) is 5.69 Å². The molecule has 1 fully saturated rings. The predicted molar refractivity (Wildman–Crippen MR) is 120 cm³/mol. The number of nitriles is 2. The third-order valence-electron chi connectivity index (χ3n) is 6.46. The number of imidazole rings is 1. The minimum atomic E-state index is -0.577. The molecule has 0 bridgehead atoms. The van der Waals surface area contributed by atoms with E-state index in [1.54, 1.807) is 12.1 Å². The van der Waals surface area contributed by atoms with Crippen molar-refractivity contribution in [1.29, 1.82) is 10.5 Å². The van der Waals surface area contributed by atoms with Gasteiger partial charge in [-0.05, 0) is 55.4 Å². The summed E-state index contributed by atoms with van der Waals surface area (Å²) in [6.45, 7) is 3.08. The summed E-state index contributed by atoms with van der Waals surface area (Å²) in [5.41, 5.74) is 3.88. The van der Waals surface area contributed by atoms with Crippen LogP contribution >= 0.6 is 0 Å². The number of amides is 1. The Balaban J connectivity index is 1.64. The molecule has 4 rings (SSSR count). The third kappa shape index (κ3) is 4.40. The Morgan fingerprint density at radius 2 is 2.03 bits per heavy atom. The monoisotopic (exact) mass is 423 g/mol.